The van der Waals surface area contributed by atoms with Crippen molar-refractivity contribution in [1.82, 2.24) is 0 Å². The van der Waals surface area contributed by atoms with Gasteiger partial charge in [0.25, 0.3) is 0 Å². The standard InChI is InChI=1S/C31H26O5S.H2O/c1-21(32)24-10-17-28-29(18-24)37-31(23-8-11-26(12-9-23)35-20-33-2)30(28)36-27-15-13-25(14-16-27)34-19-22-6-4-3-5-7-22;/h3-18H,19-20H2,1-2H3;1H2. The second-order valence-corrected chi connectivity index (χ2v) is 9.50. The van der Waals surface area contributed by atoms with E-state index >= 15 is 0 Å². The number of carbonyl (C=O) groups is 1. The van der Waals surface area contributed by atoms with E-state index in [1.807, 2.05) is 97.1 Å². The lowest BCUT2D eigenvalue weighted by Crippen LogP contribution is -1.98. The molecule has 0 aliphatic heterocycles. The Balaban J connectivity index is 0.00000336. The van der Waals surface area contributed by atoms with Crippen LogP contribution in [0.1, 0.15) is 22.8 Å². The van der Waals surface area contributed by atoms with Gasteiger partial charge in [-0.2, -0.15) is 0 Å². The van der Waals surface area contributed by atoms with E-state index in [1.54, 1.807) is 25.4 Å². The smallest absolute Gasteiger partial charge is 0.188 e. The first-order chi connectivity index (χ1) is 18.1. The third-order valence-corrected chi connectivity index (χ3v) is 6.99. The molecule has 0 amide bonds. The molecule has 0 bridgehead atoms. The number of ketones is 1. The lowest BCUT2D eigenvalue weighted by molar-refractivity contribution is 0.0511. The summed E-state index contributed by atoms with van der Waals surface area (Å²) in [6.07, 6.45) is 0. The van der Waals surface area contributed by atoms with Gasteiger partial charge in [-0.15, -0.1) is 11.3 Å². The van der Waals surface area contributed by atoms with Crippen molar-refractivity contribution in [3.8, 4) is 33.4 Å². The maximum atomic E-state index is 12.0. The number of rotatable bonds is 10. The summed E-state index contributed by atoms with van der Waals surface area (Å²) in [5.74, 6) is 2.97. The second-order valence-electron chi connectivity index (χ2n) is 8.45. The number of methoxy groups -OCH3 is 1. The fourth-order valence-corrected chi connectivity index (χ4v) is 5.05. The summed E-state index contributed by atoms with van der Waals surface area (Å²) in [4.78, 5) is 12.9. The topological polar surface area (TPSA) is 85.5 Å². The summed E-state index contributed by atoms with van der Waals surface area (Å²) in [6, 6.07) is 31.2. The van der Waals surface area contributed by atoms with Crippen LogP contribution in [0.4, 0.5) is 0 Å². The zero-order chi connectivity index (χ0) is 25.6. The lowest BCUT2D eigenvalue weighted by Gasteiger charge is -2.11. The van der Waals surface area contributed by atoms with E-state index in [-0.39, 0.29) is 18.1 Å². The van der Waals surface area contributed by atoms with Crippen LogP contribution in [0.5, 0.6) is 23.0 Å². The normalized spacial score (nSPS) is 10.6. The van der Waals surface area contributed by atoms with Gasteiger partial charge in [-0.25, -0.2) is 0 Å². The first-order valence-corrected chi connectivity index (χ1v) is 12.7. The minimum Gasteiger partial charge on any atom is -0.489 e. The maximum absolute atomic E-state index is 12.0. The molecule has 0 radical (unpaired) electrons. The molecule has 5 rings (SSSR count). The summed E-state index contributed by atoms with van der Waals surface area (Å²) in [6.45, 7) is 2.27. The van der Waals surface area contributed by atoms with Gasteiger partial charge in [0.2, 0.25) is 0 Å². The minimum atomic E-state index is 0. The van der Waals surface area contributed by atoms with Crippen molar-refractivity contribution in [2.24, 2.45) is 0 Å². The first kappa shape index (κ1) is 26.9. The number of thiophene rings is 1. The Labute approximate surface area is 225 Å². The Hall–Kier alpha value is -4.17. The van der Waals surface area contributed by atoms with E-state index in [1.165, 1.54) is 0 Å². The van der Waals surface area contributed by atoms with E-state index in [4.69, 9.17) is 18.9 Å². The highest BCUT2D eigenvalue weighted by molar-refractivity contribution is 7.22. The highest BCUT2D eigenvalue weighted by Gasteiger charge is 2.18. The lowest BCUT2D eigenvalue weighted by atomic mass is 10.1. The van der Waals surface area contributed by atoms with Gasteiger partial charge in [0, 0.05) is 22.8 Å². The van der Waals surface area contributed by atoms with Crippen molar-refractivity contribution in [2.45, 2.75) is 13.5 Å². The molecular formula is C31H28O6S. The average molecular weight is 529 g/mol. The Morgan fingerprint density at radius 2 is 1.45 bits per heavy atom. The zero-order valence-electron chi connectivity index (χ0n) is 21.1. The molecule has 4 aromatic carbocycles. The Bertz CT molecular complexity index is 1490. The van der Waals surface area contributed by atoms with E-state index in [0.717, 1.165) is 43.3 Å². The van der Waals surface area contributed by atoms with Crippen molar-refractivity contribution in [1.29, 1.82) is 0 Å². The van der Waals surface area contributed by atoms with Gasteiger partial charge in [0.05, 0.1) is 4.88 Å². The molecule has 0 aliphatic carbocycles. The highest BCUT2D eigenvalue weighted by Crippen LogP contribution is 2.47. The predicted molar refractivity (Wildman–Crippen MR) is 151 cm³/mol. The molecule has 6 nitrogen and oxygen atoms in total. The van der Waals surface area contributed by atoms with Crippen molar-refractivity contribution in [3.05, 3.63) is 108 Å². The molecule has 0 aliphatic rings. The molecule has 38 heavy (non-hydrogen) atoms. The molecule has 194 valence electrons. The van der Waals surface area contributed by atoms with Crippen molar-refractivity contribution >= 4 is 27.2 Å². The van der Waals surface area contributed by atoms with Gasteiger partial charge in [-0.05, 0) is 78.7 Å². The molecule has 0 saturated heterocycles. The molecule has 0 spiro atoms. The number of hydrogen-bond acceptors (Lipinski definition) is 6. The van der Waals surface area contributed by atoms with Crippen LogP contribution in [-0.2, 0) is 11.3 Å². The van der Waals surface area contributed by atoms with Crippen LogP contribution < -0.4 is 14.2 Å². The van der Waals surface area contributed by atoms with Crippen LogP contribution in [0.3, 0.4) is 0 Å². The number of ether oxygens (including phenoxy) is 4. The third-order valence-electron chi connectivity index (χ3n) is 5.80. The van der Waals surface area contributed by atoms with E-state index in [2.05, 4.69) is 0 Å². The number of carbonyl (C=O) groups excluding carboxylic acids is 1. The summed E-state index contributed by atoms with van der Waals surface area (Å²) < 4.78 is 23.9. The van der Waals surface area contributed by atoms with Gasteiger partial charge in [-0.3, -0.25) is 4.79 Å². The Kier molecular flexibility index (Phi) is 8.76. The van der Waals surface area contributed by atoms with Gasteiger partial charge >= 0.3 is 0 Å². The predicted octanol–water partition coefficient (Wildman–Crippen LogP) is 7.30. The van der Waals surface area contributed by atoms with Crippen LogP contribution >= 0.6 is 11.3 Å². The molecule has 2 N–H and O–H groups in total. The summed E-state index contributed by atoms with van der Waals surface area (Å²) >= 11 is 1.59. The number of fused-ring (bicyclic) bond motifs is 1. The van der Waals surface area contributed by atoms with Crippen LogP contribution in [0.2, 0.25) is 0 Å². The van der Waals surface area contributed by atoms with Gasteiger partial charge in [-0.1, -0.05) is 36.4 Å². The third kappa shape index (κ3) is 6.20. The molecule has 0 atom stereocenters. The number of Topliss-reactive ketones (excluding diaryl/α,β-unsaturated/α-hetero) is 1. The molecule has 1 heterocycles. The van der Waals surface area contributed by atoms with Gasteiger partial charge in [0.1, 0.15) is 23.9 Å². The maximum Gasteiger partial charge on any atom is 0.188 e. The average Bonchev–Trinajstić information content (AvgIpc) is 3.29. The Morgan fingerprint density at radius 1 is 0.789 bits per heavy atom. The molecule has 0 unspecified atom stereocenters. The molecule has 0 fully saturated rings. The van der Waals surface area contributed by atoms with Gasteiger partial charge < -0.3 is 24.4 Å². The first-order valence-electron chi connectivity index (χ1n) is 11.8. The molecule has 7 heteroatoms. The molecule has 1 aromatic heterocycles. The van der Waals surface area contributed by atoms with Crippen molar-refractivity contribution in [3.63, 3.8) is 0 Å². The minimum absolute atomic E-state index is 0. The van der Waals surface area contributed by atoms with Crippen LogP contribution in [0.25, 0.3) is 20.5 Å². The zero-order valence-corrected chi connectivity index (χ0v) is 21.9. The van der Waals surface area contributed by atoms with Crippen LogP contribution in [0.15, 0.2) is 97.1 Å². The summed E-state index contributed by atoms with van der Waals surface area (Å²) in [5, 5.41) is 0.953. The molecule has 0 saturated carbocycles. The fraction of sp³-hybridized carbons (Fsp3) is 0.129. The van der Waals surface area contributed by atoms with Crippen molar-refractivity contribution in [2.75, 3.05) is 13.9 Å². The van der Waals surface area contributed by atoms with E-state index in [9.17, 15) is 4.79 Å². The van der Waals surface area contributed by atoms with Crippen LogP contribution in [0, 0.1) is 0 Å². The van der Waals surface area contributed by atoms with E-state index in [0.29, 0.717) is 17.9 Å². The largest absolute Gasteiger partial charge is 0.489 e. The molecular weight excluding hydrogens is 500 g/mol. The van der Waals surface area contributed by atoms with Crippen molar-refractivity contribution < 1.29 is 29.2 Å². The summed E-state index contributed by atoms with van der Waals surface area (Å²) in [5.41, 5.74) is 2.78. The second kappa shape index (κ2) is 12.4. The SMILES string of the molecule is COCOc1ccc(-c2sc3cc(C(C)=O)ccc3c2Oc2ccc(OCc3ccccc3)cc2)cc1.O. The quantitative estimate of drug-likeness (QED) is 0.140. The van der Waals surface area contributed by atoms with Crippen LogP contribution in [-0.4, -0.2) is 25.2 Å². The Morgan fingerprint density at radius 3 is 2.13 bits per heavy atom. The highest BCUT2D eigenvalue weighted by atomic mass is 32.1. The van der Waals surface area contributed by atoms with E-state index < -0.39 is 0 Å². The molecule has 5 aromatic rings. The summed E-state index contributed by atoms with van der Waals surface area (Å²) in [7, 11) is 1.59. The number of hydrogen-bond donors (Lipinski definition) is 0. The van der Waals surface area contributed by atoms with Gasteiger partial charge in [0.15, 0.2) is 18.3 Å². The number of benzene rings is 4. The monoisotopic (exact) mass is 528 g/mol. The fourth-order valence-electron chi connectivity index (χ4n) is 3.88.